The van der Waals surface area contributed by atoms with Crippen LogP contribution >= 0.6 is 27.3 Å². The third-order valence-corrected chi connectivity index (χ3v) is 6.94. The number of fused-ring (bicyclic) bond motifs is 1. The average Bonchev–Trinajstić information content (AvgIpc) is 3.13. The van der Waals surface area contributed by atoms with Gasteiger partial charge in [-0.05, 0) is 55.8 Å². The normalized spacial score (nSPS) is 15.6. The van der Waals surface area contributed by atoms with Crippen LogP contribution in [0.4, 0.5) is 0 Å². The van der Waals surface area contributed by atoms with E-state index in [-0.39, 0.29) is 12.2 Å². The Morgan fingerprint density at radius 3 is 2.56 bits per heavy atom. The molecule has 9 heteroatoms. The zero-order valence-electron chi connectivity index (χ0n) is 19.1. The Kier molecular flexibility index (Phi) is 7.04. The lowest BCUT2D eigenvalue weighted by Gasteiger charge is -2.24. The average molecular weight is 543 g/mol. The van der Waals surface area contributed by atoms with Gasteiger partial charge in [-0.1, -0.05) is 39.4 Å². The molecule has 0 bridgehead atoms. The SMILES string of the molecule is CCOC(=O)C1=C(C)N=c2s/c(=C\c3cc(OC)ccc3OC)c(=O)n2[C@@H]1c1ccc(Br)cc1. The van der Waals surface area contributed by atoms with E-state index in [0.717, 1.165) is 10.0 Å². The van der Waals surface area contributed by atoms with Gasteiger partial charge in [0, 0.05) is 10.0 Å². The highest BCUT2D eigenvalue weighted by atomic mass is 79.9. The smallest absolute Gasteiger partial charge is 0.338 e. The highest BCUT2D eigenvalue weighted by molar-refractivity contribution is 9.10. The monoisotopic (exact) mass is 542 g/mol. The summed E-state index contributed by atoms with van der Waals surface area (Å²) in [5.41, 5.74) is 2.11. The first-order valence-electron chi connectivity index (χ1n) is 10.5. The summed E-state index contributed by atoms with van der Waals surface area (Å²) in [6.07, 6.45) is 1.76. The van der Waals surface area contributed by atoms with E-state index >= 15 is 0 Å². The van der Waals surface area contributed by atoms with Crippen molar-refractivity contribution in [2.45, 2.75) is 19.9 Å². The number of hydrogen-bond acceptors (Lipinski definition) is 7. The molecule has 1 aliphatic rings. The van der Waals surface area contributed by atoms with Crippen molar-refractivity contribution in [3.8, 4) is 11.5 Å². The largest absolute Gasteiger partial charge is 0.497 e. The highest BCUT2D eigenvalue weighted by Gasteiger charge is 2.33. The standard InChI is InChI=1S/C25H23BrN2O5S/c1-5-33-24(30)21-14(2)27-25-28(22(21)15-6-8-17(26)9-7-15)23(29)20(34-25)13-16-12-18(31-3)10-11-19(16)32-4/h6-13,22H,5H2,1-4H3/b20-13-/t22-/m1/s1. The fraction of sp³-hybridized carbons (Fsp3) is 0.240. The lowest BCUT2D eigenvalue weighted by molar-refractivity contribution is -0.139. The topological polar surface area (TPSA) is 79.1 Å². The number of nitrogens with zero attached hydrogens (tertiary/aromatic N) is 2. The van der Waals surface area contributed by atoms with Crippen LogP contribution < -0.4 is 24.4 Å². The predicted octanol–water partition coefficient (Wildman–Crippen LogP) is 3.58. The number of allylic oxidation sites excluding steroid dienone is 1. The number of methoxy groups -OCH3 is 2. The fourth-order valence-electron chi connectivity index (χ4n) is 3.85. The van der Waals surface area contributed by atoms with Gasteiger partial charge in [-0.25, -0.2) is 9.79 Å². The van der Waals surface area contributed by atoms with E-state index < -0.39 is 12.0 Å². The number of rotatable bonds is 6. The summed E-state index contributed by atoms with van der Waals surface area (Å²) in [6.45, 7) is 3.74. The van der Waals surface area contributed by atoms with E-state index in [1.54, 1.807) is 56.9 Å². The molecule has 7 nitrogen and oxygen atoms in total. The van der Waals surface area contributed by atoms with Crippen molar-refractivity contribution in [2.75, 3.05) is 20.8 Å². The summed E-state index contributed by atoms with van der Waals surface area (Å²) in [5, 5.41) is 0. The first kappa shape index (κ1) is 24.0. The number of halogens is 1. The number of aromatic nitrogens is 1. The van der Waals surface area contributed by atoms with Crippen molar-refractivity contribution >= 4 is 39.3 Å². The van der Waals surface area contributed by atoms with Gasteiger partial charge in [0.15, 0.2) is 4.80 Å². The summed E-state index contributed by atoms with van der Waals surface area (Å²) >= 11 is 4.71. The minimum absolute atomic E-state index is 0.225. The summed E-state index contributed by atoms with van der Waals surface area (Å²) in [7, 11) is 3.15. The molecule has 2 aromatic carbocycles. The molecule has 4 rings (SSSR count). The van der Waals surface area contributed by atoms with Crippen molar-refractivity contribution in [3.63, 3.8) is 0 Å². The van der Waals surface area contributed by atoms with Crippen LogP contribution in [0.3, 0.4) is 0 Å². The maximum atomic E-state index is 13.7. The molecule has 1 aromatic heterocycles. The quantitative estimate of drug-likeness (QED) is 0.445. The minimum Gasteiger partial charge on any atom is -0.497 e. The number of esters is 1. The number of ether oxygens (including phenoxy) is 3. The van der Waals surface area contributed by atoms with Gasteiger partial charge in [0.1, 0.15) is 11.5 Å². The molecule has 0 saturated heterocycles. The van der Waals surface area contributed by atoms with Crippen molar-refractivity contribution in [1.82, 2.24) is 4.57 Å². The van der Waals surface area contributed by atoms with Crippen molar-refractivity contribution in [1.29, 1.82) is 0 Å². The Hall–Kier alpha value is -3.17. The maximum Gasteiger partial charge on any atom is 0.338 e. The molecule has 0 saturated carbocycles. The number of hydrogen-bond donors (Lipinski definition) is 0. The van der Waals surface area contributed by atoms with Gasteiger partial charge in [-0.3, -0.25) is 9.36 Å². The maximum absolute atomic E-state index is 13.7. The second kappa shape index (κ2) is 9.99. The van der Waals surface area contributed by atoms with Gasteiger partial charge < -0.3 is 14.2 Å². The molecule has 3 aromatic rings. The second-order valence-electron chi connectivity index (χ2n) is 7.46. The van der Waals surface area contributed by atoms with Crippen LogP contribution in [0.25, 0.3) is 6.08 Å². The molecule has 1 aliphatic heterocycles. The van der Waals surface area contributed by atoms with E-state index in [1.807, 2.05) is 24.3 Å². The predicted molar refractivity (Wildman–Crippen MR) is 134 cm³/mol. The van der Waals surface area contributed by atoms with E-state index in [1.165, 1.54) is 11.3 Å². The third-order valence-electron chi connectivity index (χ3n) is 5.43. The molecule has 0 amide bonds. The van der Waals surface area contributed by atoms with E-state index in [4.69, 9.17) is 14.2 Å². The van der Waals surface area contributed by atoms with Crippen LogP contribution in [0.5, 0.6) is 11.5 Å². The summed E-state index contributed by atoms with van der Waals surface area (Å²) in [5.74, 6) is 0.771. The van der Waals surface area contributed by atoms with Crippen LogP contribution in [0.15, 0.2) is 68.0 Å². The molecular weight excluding hydrogens is 520 g/mol. The number of carbonyl (C=O) groups excluding carboxylic acids is 1. The van der Waals surface area contributed by atoms with Crippen LogP contribution in [-0.2, 0) is 9.53 Å². The number of carbonyl (C=O) groups is 1. The molecule has 34 heavy (non-hydrogen) atoms. The Bertz CT molecular complexity index is 1450. The van der Waals surface area contributed by atoms with Gasteiger partial charge in [0.2, 0.25) is 0 Å². The van der Waals surface area contributed by atoms with Gasteiger partial charge in [-0.15, -0.1) is 0 Å². The Morgan fingerprint density at radius 2 is 1.91 bits per heavy atom. The highest BCUT2D eigenvalue weighted by Crippen LogP contribution is 2.31. The van der Waals surface area contributed by atoms with Gasteiger partial charge in [-0.2, -0.15) is 0 Å². The Balaban J connectivity index is 1.96. The zero-order valence-corrected chi connectivity index (χ0v) is 21.5. The molecule has 0 fully saturated rings. The fourth-order valence-corrected chi connectivity index (χ4v) is 5.15. The van der Waals surface area contributed by atoms with Gasteiger partial charge >= 0.3 is 5.97 Å². The van der Waals surface area contributed by atoms with Crippen molar-refractivity contribution < 1.29 is 19.0 Å². The molecule has 0 N–H and O–H groups in total. The summed E-state index contributed by atoms with van der Waals surface area (Å²) in [6, 6.07) is 12.3. The first-order chi connectivity index (χ1) is 16.4. The second-order valence-corrected chi connectivity index (χ2v) is 9.39. The van der Waals surface area contributed by atoms with Crippen LogP contribution in [0.1, 0.15) is 31.0 Å². The molecule has 0 unspecified atom stereocenters. The lowest BCUT2D eigenvalue weighted by Crippen LogP contribution is -2.39. The van der Waals surface area contributed by atoms with Crippen LogP contribution in [0, 0.1) is 0 Å². The lowest BCUT2D eigenvalue weighted by atomic mass is 9.96. The minimum atomic E-state index is -0.655. The zero-order chi connectivity index (χ0) is 24.4. The Morgan fingerprint density at radius 1 is 1.18 bits per heavy atom. The molecule has 0 radical (unpaired) electrons. The summed E-state index contributed by atoms with van der Waals surface area (Å²) in [4.78, 5) is 31.7. The molecule has 0 spiro atoms. The number of benzene rings is 2. The number of thiazole rings is 1. The van der Waals surface area contributed by atoms with E-state index in [2.05, 4.69) is 20.9 Å². The van der Waals surface area contributed by atoms with E-state index in [9.17, 15) is 9.59 Å². The van der Waals surface area contributed by atoms with Gasteiger partial charge in [0.25, 0.3) is 5.56 Å². The van der Waals surface area contributed by atoms with Crippen LogP contribution in [0.2, 0.25) is 0 Å². The molecular formula is C25H23BrN2O5S. The molecule has 0 aliphatic carbocycles. The van der Waals surface area contributed by atoms with E-state index in [0.29, 0.717) is 37.7 Å². The Labute approximate surface area is 208 Å². The third kappa shape index (κ3) is 4.45. The molecule has 1 atom stereocenters. The summed E-state index contributed by atoms with van der Waals surface area (Å²) < 4.78 is 19.0. The molecule has 2 heterocycles. The van der Waals surface area contributed by atoms with Crippen LogP contribution in [-0.4, -0.2) is 31.4 Å². The van der Waals surface area contributed by atoms with Crippen molar-refractivity contribution in [2.24, 2.45) is 4.99 Å². The van der Waals surface area contributed by atoms with Gasteiger partial charge in [0.05, 0.1) is 42.7 Å². The first-order valence-corrected chi connectivity index (χ1v) is 12.2. The molecule has 176 valence electrons. The van der Waals surface area contributed by atoms with Crippen molar-refractivity contribution in [3.05, 3.63) is 89.0 Å².